The molecule has 6 nitrogen and oxygen atoms in total. The summed E-state index contributed by atoms with van der Waals surface area (Å²) in [7, 11) is -1.79. The predicted molar refractivity (Wildman–Crippen MR) is 93.9 cm³/mol. The first kappa shape index (κ1) is 18.0. The maximum atomic E-state index is 11.9. The highest BCUT2D eigenvalue weighted by molar-refractivity contribution is 7.88. The molecule has 128 valence electrons. The van der Waals surface area contributed by atoms with E-state index in [9.17, 15) is 13.2 Å². The first-order valence-electron chi connectivity index (χ1n) is 7.30. The third kappa shape index (κ3) is 5.07. The molecule has 0 unspecified atom stereocenters. The average molecular weight is 348 g/mol. The van der Waals surface area contributed by atoms with E-state index >= 15 is 0 Å². The van der Waals surface area contributed by atoms with Crippen LogP contribution >= 0.6 is 0 Å². The van der Waals surface area contributed by atoms with Gasteiger partial charge in [0.25, 0.3) is 0 Å². The van der Waals surface area contributed by atoms with Gasteiger partial charge in [-0.1, -0.05) is 18.2 Å². The van der Waals surface area contributed by atoms with Crippen LogP contribution in [0.15, 0.2) is 46.9 Å². The number of benzene rings is 1. The lowest BCUT2D eigenvalue weighted by atomic mass is 10.2. The molecule has 2 aromatic rings. The first-order chi connectivity index (χ1) is 11.3. The van der Waals surface area contributed by atoms with Crippen LogP contribution in [-0.4, -0.2) is 31.9 Å². The SMILES string of the molecule is Cc1ccccc1NC(=O)/C=C/c1ccc(CN(C)S(C)(=O)=O)o1. The van der Waals surface area contributed by atoms with Crippen LogP contribution in [0, 0.1) is 6.92 Å². The molecule has 0 atom stereocenters. The second-order valence-corrected chi connectivity index (χ2v) is 7.55. The predicted octanol–water partition coefficient (Wildman–Crippen LogP) is 2.63. The Morgan fingerprint density at radius 3 is 2.62 bits per heavy atom. The Kier molecular flexibility index (Phi) is 5.58. The van der Waals surface area contributed by atoms with Crippen LogP contribution in [-0.2, 0) is 21.4 Å². The molecule has 0 spiro atoms. The number of sulfonamides is 1. The summed E-state index contributed by atoms with van der Waals surface area (Å²) < 4.78 is 29.4. The first-order valence-corrected chi connectivity index (χ1v) is 9.15. The standard InChI is InChI=1S/C17H20N2O4S/c1-13-6-4-5-7-16(13)18-17(20)11-10-14-8-9-15(23-14)12-19(2)24(3,21)22/h4-11H,12H2,1-3H3,(H,18,20)/b11-10+. The molecule has 1 aromatic carbocycles. The second kappa shape index (κ2) is 7.46. The smallest absolute Gasteiger partial charge is 0.248 e. The number of furan rings is 1. The molecule has 1 amide bonds. The van der Waals surface area contributed by atoms with E-state index in [1.54, 1.807) is 12.1 Å². The van der Waals surface area contributed by atoms with Gasteiger partial charge in [-0.25, -0.2) is 8.42 Å². The minimum Gasteiger partial charge on any atom is -0.460 e. The number of aryl methyl sites for hydroxylation is 1. The lowest BCUT2D eigenvalue weighted by Crippen LogP contribution is -2.24. The van der Waals surface area contributed by atoms with Gasteiger partial charge in [0.2, 0.25) is 15.9 Å². The minimum absolute atomic E-state index is 0.141. The van der Waals surface area contributed by atoms with E-state index in [2.05, 4.69) is 5.32 Å². The Balaban J connectivity index is 1.97. The highest BCUT2D eigenvalue weighted by Crippen LogP contribution is 2.15. The van der Waals surface area contributed by atoms with Crippen LogP contribution in [0.1, 0.15) is 17.1 Å². The van der Waals surface area contributed by atoms with Crippen molar-refractivity contribution in [2.45, 2.75) is 13.5 Å². The second-order valence-electron chi connectivity index (χ2n) is 5.46. The summed E-state index contributed by atoms with van der Waals surface area (Å²) in [5, 5.41) is 2.78. The minimum atomic E-state index is -3.26. The maximum Gasteiger partial charge on any atom is 0.248 e. The molecule has 2 rings (SSSR count). The van der Waals surface area contributed by atoms with E-state index in [-0.39, 0.29) is 12.5 Å². The van der Waals surface area contributed by atoms with Crippen LogP contribution in [0.3, 0.4) is 0 Å². The van der Waals surface area contributed by atoms with Gasteiger partial charge < -0.3 is 9.73 Å². The quantitative estimate of drug-likeness (QED) is 0.814. The number of amides is 1. The van der Waals surface area contributed by atoms with Gasteiger partial charge in [0.05, 0.1) is 12.8 Å². The Morgan fingerprint density at radius 2 is 1.96 bits per heavy atom. The van der Waals surface area contributed by atoms with Crippen molar-refractivity contribution in [2.24, 2.45) is 0 Å². The number of hydrogen-bond acceptors (Lipinski definition) is 4. The molecule has 0 aliphatic carbocycles. The largest absolute Gasteiger partial charge is 0.460 e. The van der Waals surface area contributed by atoms with Crippen molar-refractivity contribution in [1.29, 1.82) is 0 Å². The Bertz CT molecular complexity index is 853. The van der Waals surface area contributed by atoms with Crippen molar-refractivity contribution in [1.82, 2.24) is 4.31 Å². The molecule has 0 aliphatic heterocycles. The van der Waals surface area contributed by atoms with Crippen molar-refractivity contribution in [3.05, 3.63) is 59.6 Å². The molecule has 1 N–H and O–H groups in total. The van der Waals surface area contributed by atoms with Crippen molar-refractivity contribution in [2.75, 3.05) is 18.6 Å². The molecule has 0 aliphatic rings. The molecule has 0 saturated carbocycles. The highest BCUT2D eigenvalue weighted by Gasteiger charge is 2.13. The number of nitrogens with zero attached hydrogens (tertiary/aromatic N) is 1. The monoisotopic (exact) mass is 348 g/mol. The fourth-order valence-corrected chi connectivity index (χ4v) is 2.31. The van der Waals surface area contributed by atoms with Crippen LogP contribution in [0.25, 0.3) is 6.08 Å². The van der Waals surface area contributed by atoms with Gasteiger partial charge in [0.15, 0.2) is 0 Å². The van der Waals surface area contributed by atoms with Crippen molar-refractivity contribution in [3.63, 3.8) is 0 Å². The van der Waals surface area contributed by atoms with Gasteiger partial charge in [0.1, 0.15) is 11.5 Å². The van der Waals surface area contributed by atoms with Crippen molar-refractivity contribution < 1.29 is 17.6 Å². The average Bonchev–Trinajstić information content (AvgIpc) is 2.94. The summed E-state index contributed by atoms with van der Waals surface area (Å²) in [6.45, 7) is 2.05. The Morgan fingerprint density at radius 1 is 1.25 bits per heavy atom. The lowest BCUT2D eigenvalue weighted by Gasteiger charge is -2.11. The summed E-state index contributed by atoms with van der Waals surface area (Å²) in [4.78, 5) is 11.9. The van der Waals surface area contributed by atoms with Crippen LogP contribution < -0.4 is 5.32 Å². The third-order valence-corrected chi connectivity index (χ3v) is 4.69. The molecule has 0 bridgehead atoms. The van der Waals surface area contributed by atoms with E-state index in [0.29, 0.717) is 11.5 Å². The molecule has 0 radical (unpaired) electrons. The van der Waals surface area contributed by atoms with Gasteiger partial charge in [-0.15, -0.1) is 0 Å². The lowest BCUT2D eigenvalue weighted by molar-refractivity contribution is -0.111. The van der Waals surface area contributed by atoms with Crippen LogP contribution in [0.5, 0.6) is 0 Å². The zero-order valence-corrected chi connectivity index (χ0v) is 14.6. The summed E-state index contributed by atoms with van der Waals surface area (Å²) in [6.07, 6.45) is 4.04. The number of carbonyl (C=O) groups is 1. The molecule has 24 heavy (non-hydrogen) atoms. The normalized spacial score (nSPS) is 12.0. The molecule has 0 saturated heterocycles. The van der Waals surface area contributed by atoms with Crippen LogP contribution in [0.2, 0.25) is 0 Å². The molecular formula is C17H20N2O4S. The Labute approximate surface area is 141 Å². The summed E-state index contributed by atoms with van der Waals surface area (Å²) in [6, 6.07) is 10.9. The van der Waals surface area contributed by atoms with Gasteiger partial charge in [-0.2, -0.15) is 4.31 Å². The molecule has 1 aromatic heterocycles. The van der Waals surface area contributed by atoms with Gasteiger partial charge in [-0.3, -0.25) is 4.79 Å². The summed E-state index contributed by atoms with van der Waals surface area (Å²) in [5.41, 5.74) is 1.73. The number of hydrogen-bond donors (Lipinski definition) is 1. The van der Waals surface area contributed by atoms with Crippen LogP contribution in [0.4, 0.5) is 5.69 Å². The zero-order chi connectivity index (χ0) is 17.7. The van der Waals surface area contributed by atoms with Crippen molar-refractivity contribution >= 4 is 27.7 Å². The fourth-order valence-electron chi connectivity index (χ4n) is 1.95. The van der Waals surface area contributed by atoms with E-state index in [1.807, 2.05) is 31.2 Å². The molecule has 0 fully saturated rings. The van der Waals surface area contributed by atoms with Gasteiger partial charge in [0, 0.05) is 18.8 Å². The Hall–Kier alpha value is -2.38. The van der Waals surface area contributed by atoms with Crippen molar-refractivity contribution in [3.8, 4) is 0 Å². The fraction of sp³-hybridized carbons (Fsp3) is 0.235. The third-order valence-electron chi connectivity index (χ3n) is 3.43. The maximum absolute atomic E-state index is 11.9. The summed E-state index contributed by atoms with van der Waals surface area (Å²) in [5.74, 6) is 0.712. The van der Waals surface area contributed by atoms with E-state index < -0.39 is 10.0 Å². The number of anilines is 1. The van der Waals surface area contributed by atoms with E-state index in [0.717, 1.165) is 17.5 Å². The van der Waals surface area contributed by atoms with E-state index in [4.69, 9.17) is 4.42 Å². The molecule has 7 heteroatoms. The van der Waals surface area contributed by atoms with Gasteiger partial charge in [-0.05, 0) is 36.8 Å². The number of carbonyl (C=O) groups excluding carboxylic acids is 1. The molecular weight excluding hydrogens is 328 g/mol. The van der Waals surface area contributed by atoms with Gasteiger partial charge >= 0.3 is 0 Å². The molecule has 1 heterocycles. The highest BCUT2D eigenvalue weighted by atomic mass is 32.2. The summed E-state index contributed by atoms with van der Waals surface area (Å²) >= 11 is 0. The topological polar surface area (TPSA) is 79.6 Å². The van der Waals surface area contributed by atoms with E-state index in [1.165, 1.54) is 23.5 Å². The number of para-hydroxylation sites is 1. The number of nitrogens with one attached hydrogen (secondary N) is 1. The zero-order valence-electron chi connectivity index (χ0n) is 13.8. The number of rotatable bonds is 6.